The summed E-state index contributed by atoms with van der Waals surface area (Å²) in [6.07, 6.45) is 1.81. The topological polar surface area (TPSA) is 24.9 Å². The van der Waals surface area contributed by atoms with Crippen LogP contribution >= 0.6 is 11.3 Å². The SMILES string of the molecule is Cc1ccccc1-c1cc(Nc2nccs2)ccc1C. The van der Waals surface area contributed by atoms with Crippen molar-refractivity contribution >= 4 is 22.2 Å². The van der Waals surface area contributed by atoms with Crippen molar-refractivity contribution in [2.24, 2.45) is 0 Å². The molecule has 2 nitrogen and oxygen atoms in total. The molecule has 100 valence electrons. The minimum absolute atomic E-state index is 0.921. The quantitative estimate of drug-likeness (QED) is 0.716. The van der Waals surface area contributed by atoms with Crippen LogP contribution in [0.2, 0.25) is 0 Å². The third-order valence-corrected chi connectivity index (χ3v) is 4.04. The van der Waals surface area contributed by atoms with Gasteiger partial charge in [0.25, 0.3) is 0 Å². The molecule has 0 unspecified atom stereocenters. The first-order chi connectivity index (χ1) is 9.74. The maximum absolute atomic E-state index is 4.26. The smallest absolute Gasteiger partial charge is 0.187 e. The van der Waals surface area contributed by atoms with Gasteiger partial charge in [0.1, 0.15) is 0 Å². The summed E-state index contributed by atoms with van der Waals surface area (Å²) < 4.78 is 0. The molecule has 0 aliphatic rings. The number of hydrogen-bond donors (Lipinski definition) is 1. The Kier molecular flexibility index (Phi) is 3.52. The van der Waals surface area contributed by atoms with Crippen molar-refractivity contribution in [3.8, 4) is 11.1 Å². The Hall–Kier alpha value is -2.13. The van der Waals surface area contributed by atoms with Crippen LogP contribution in [0.3, 0.4) is 0 Å². The fourth-order valence-electron chi connectivity index (χ4n) is 2.27. The molecule has 0 bridgehead atoms. The summed E-state index contributed by atoms with van der Waals surface area (Å²) in [5.41, 5.74) is 6.20. The van der Waals surface area contributed by atoms with Crippen molar-refractivity contribution in [2.75, 3.05) is 5.32 Å². The molecule has 0 fully saturated rings. The number of anilines is 2. The monoisotopic (exact) mass is 280 g/mol. The fourth-order valence-corrected chi connectivity index (χ4v) is 2.82. The molecule has 3 aromatic rings. The predicted molar refractivity (Wildman–Crippen MR) is 86.7 cm³/mol. The number of aryl methyl sites for hydroxylation is 2. The van der Waals surface area contributed by atoms with Crippen molar-refractivity contribution in [2.45, 2.75) is 13.8 Å². The highest BCUT2D eigenvalue weighted by molar-refractivity contribution is 7.13. The zero-order valence-corrected chi connectivity index (χ0v) is 12.4. The van der Waals surface area contributed by atoms with Crippen molar-refractivity contribution < 1.29 is 0 Å². The number of rotatable bonds is 3. The molecule has 1 N–H and O–H groups in total. The third-order valence-electron chi connectivity index (χ3n) is 3.36. The largest absolute Gasteiger partial charge is 0.332 e. The minimum atomic E-state index is 0.921. The molecule has 0 radical (unpaired) electrons. The molecule has 0 spiro atoms. The lowest BCUT2D eigenvalue weighted by atomic mass is 9.96. The third kappa shape index (κ3) is 2.58. The van der Waals surface area contributed by atoms with E-state index in [1.54, 1.807) is 11.3 Å². The number of thiazole rings is 1. The van der Waals surface area contributed by atoms with Crippen LogP contribution < -0.4 is 5.32 Å². The van der Waals surface area contributed by atoms with Crippen LogP contribution in [0.15, 0.2) is 54.0 Å². The maximum Gasteiger partial charge on any atom is 0.187 e. The fraction of sp³-hybridized carbons (Fsp3) is 0.118. The summed E-state index contributed by atoms with van der Waals surface area (Å²) in [7, 11) is 0. The second-order valence-electron chi connectivity index (χ2n) is 4.81. The van der Waals surface area contributed by atoms with Crippen LogP contribution in [-0.4, -0.2) is 4.98 Å². The summed E-state index contributed by atoms with van der Waals surface area (Å²) in [6.45, 7) is 4.30. The number of nitrogens with one attached hydrogen (secondary N) is 1. The van der Waals surface area contributed by atoms with E-state index in [0.717, 1.165) is 10.8 Å². The summed E-state index contributed by atoms with van der Waals surface area (Å²) in [4.78, 5) is 4.26. The molecule has 1 heterocycles. The van der Waals surface area contributed by atoms with E-state index >= 15 is 0 Å². The molecule has 3 rings (SSSR count). The normalized spacial score (nSPS) is 10.5. The average Bonchev–Trinajstić information content (AvgIpc) is 2.95. The van der Waals surface area contributed by atoms with Crippen molar-refractivity contribution in [3.05, 3.63) is 65.2 Å². The minimum Gasteiger partial charge on any atom is -0.332 e. The lowest BCUT2D eigenvalue weighted by molar-refractivity contribution is 1.37. The van der Waals surface area contributed by atoms with E-state index in [2.05, 4.69) is 66.6 Å². The number of hydrogen-bond acceptors (Lipinski definition) is 3. The second kappa shape index (κ2) is 5.47. The molecule has 3 heteroatoms. The van der Waals surface area contributed by atoms with Gasteiger partial charge in [0, 0.05) is 17.3 Å². The van der Waals surface area contributed by atoms with Crippen molar-refractivity contribution in [1.29, 1.82) is 0 Å². The van der Waals surface area contributed by atoms with E-state index in [9.17, 15) is 0 Å². The maximum atomic E-state index is 4.26. The molecular formula is C17H16N2S. The van der Waals surface area contributed by atoms with Crippen molar-refractivity contribution in [3.63, 3.8) is 0 Å². The molecule has 0 amide bonds. The van der Waals surface area contributed by atoms with Crippen LogP contribution in [-0.2, 0) is 0 Å². The number of nitrogens with zero attached hydrogens (tertiary/aromatic N) is 1. The summed E-state index contributed by atoms with van der Waals surface area (Å²) in [5, 5.41) is 6.24. The molecule has 20 heavy (non-hydrogen) atoms. The molecular weight excluding hydrogens is 264 g/mol. The van der Waals surface area contributed by atoms with Gasteiger partial charge in [-0.15, -0.1) is 11.3 Å². The lowest BCUT2D eigenvalue weighted by Gasteiger charge is -2.12. The van der Waals surface area contributed by atoms with Crippen LogP contribution in [0.4, 0.5) is 10.8 Å². The Bertz CT molecular complexity index is 718. The summed E-state index contributed by atoms with van der Waals surface area (Å²) >= 11 is 1.60. The first-order valence-electron chi connectivity index (χ1n) is 6.57. The van der Waals surface area contributed by atoms with Gasteiger partial charge in [0.05, 0.1) is 0 Å². The molecule has 0 saturated heterocycles. The zero-order chi connectivity index (χ0) is 13.9. The molecule has 2 aromatic carbocycles. The Morgan fingerprint density at radius 2 is 1.75 bits per heavy atom. The van der Waals surface area contributed by atoms with Gasteiger partial charge in [0.2, 0.25) is 0 Å². The van der Waals surface area contributed by atoms with Gasteiger partial charge < -0.3 is 5.32 Å². The summed E-state index contributed by atoms with van der Waals surface area (Å²) in [5.74, 6) is 0. The predicted octanol–water partition coefficient (Wildman–Crippen LogP) is 5.17. The first-order valence-corrected chi connectivity index (χ1v) is 7.45. The Labute approximate surface area is 123 Å². The number of benzene rings is 2. The molecule has 0 aliphatic heterocycles. The van der Waals surface area contributed by atoms with E-state index in [1.807, 2.05) is 11.6 Å². The van der Waals surface area contributed by atoms with Gasteiger partial charge in [-0.3, -0.25) is 0 Å². The van der Waals surface area contributed by atoms with Gasteiger partial charge in [-0.05, 0) is 48.2 Å². The van der Waals surface area contributed by atoms with E-state index < -0.39 is 0 Å². The zero-order valence-electron chi connectivity index (χ0n) is 11.6. The average molecular weight is 280 g/mol. The van der Waals surface area contributed by atoms with E-state index in [4.69, 9.17) is 0 Å². The Balaban J connectivity index is 2.01. The van der Waals surface area contributed by atoms with Gasteiger partial charge >= 0.3 is 0 Å². The molecule has 1 aromatic heterocycles. The molecule has 0 saturated carbocycles. The van der Waals surface area contributed by atoms with Gasteiger partial charge in [-0.1, -0.05) is 30.3 Å². The van der Waals surface area contributed by atoms with Crippen LogP contribution in [0.5, 0.6) is 0 Å². The highest BCUT2D eigenvalue weighted by Crippen LogP contribution is 2.30. The molecule has 0 aliphatic carbocycles. The van der Waals surface area contributed by atoms with Crippen LogP contribution in [0, 0.1) is 13.8 Å². The van der Waals surface area contributed by atoms with Gasteiger partial charge in [-0.2, -0.15) is 0 Å². The first kappa shape index (κ1) is 12.9. The number of aromatic nitrogens is 1. The molecule has 0 atom stereocenters. The van der Waals surface area contributed by atoms with Crippen molar-refractivity contribution in [1.82, 2.24) is 4.98 Å². The second-order valence-corrected chi connectivity index (χ2v) is 5.70. The van der Waals surface area contributed by atoms with Gasteiger partial charge in [-0.25, -0.2) is 4.98 Å². The van der Waals surface area contributed by atoms with Crippen LogP contribution in [0.1, 0.15) is 11.1 Å². The Morgan fingerprint density at radius 3 is 2.50 bits per heavy atom. The van der Waals surface area contributed by atoms with Crippen LogP contribution in [0.25, 0.3) is 11.1 Å². The standard InChI is InChI=1S/C17H16N2S/c1-12-5-3-4-6-15(12)16-11-14(8-7-13(16)2)19-17-18-9-10-20-17/h3-11H,1-2H3,(H,18,19). The van der Waals surface area contributed by atoms with Gasteiger partial charge in [0.15, 0.2) is 5.13 Å². The van der Waals surface area contributed by atoms with E-state index in [-0.39, 0.29) is 0 Å². The highest BCUT2D eigenvalue weighted by Gasteiger charge is 2.06. The van der Waals surface area contributed by atoms with E-state index in [0.29, 0.717) is 0 Å². The Morgan fingerprint density at radius 1 is 0.950 bits per heavy atom. The lowest BCUT2D eigenvalue weighted by Crippen LogP contribution is -1.92. The van der Waals surface area contributed by atoms with E-state index in [1.165, 1.54) is 22.3 Å². The summed E-state index contributed by atoms with van der Waals surface area (Å²) in [6, 6.07) is 14.9. The highest BCUT2D eigenvalue weighted by atomic mass is 32.1.